The van der Waals surface area contributed by atoms with E-state index in [-0.39, 0.29) is 12.5 Å². The van der Waals surface area contributed by atoms with E-state index < -0.39 is 6.03 Å². The van der Waals surface area contributed by atoms with Crippen molar-refractivity contribution in [2.45, 2.75) is 19.3 Å². The predicted octanol–water partition coefficient (Wildman–Crippen LogP) is 0.0127. The van der Waals surface area contributed by atoms with Crippen LogP contribution in [-0.2, 0) is 9.53 Å². The monoisotopic (exact) mass is 186 g/mol. The summed E-state index contributed by atoms with van der Waals surface area (Å²) in [5.74, 6) is -0.259. The Morgan fingerprint density at radius 3 is 1.92 bits per heavy atom. The Balaban J connectivity index is 0.000000132. The molecule has 0 radical (unpaired) electrons. The van der Waals surface area contributed by atoms with Crippen LogP contribution in [0, 0.1) is 0 Å². The van der Waals surface area contributed by atoms with Gasteiger partial charge in [0.15, 0.2) is 0 Å². The molecule has 2 rings (SSSR count). The van der Waals surface area contributed by atoms with E-state index in [4.69, 9.17) is 4.74 Å². The van der Waals surface area contributed by atoms with Crippen molar-refractivity contribution in [1.82, 2.24) is 10.6 Å². The number of rotatable bonds is 0. The number of nitrogens with one attached hydrogen (secondary N) is 2. The van der Waals surface area contributed by atoms with Crippen molar-refractivity contribution in [2.24, 2.45) is 0 Å². The summed E-state index contributed by atoms with van der Waals surface area (Å²) in [6.45, 7) is 2.12. The number of amides is 3. The average molecular weight is 186 g/mol. The molecule has 74 valence electrons. The van der Waals surface area contributed by atoms with Crippen molar-refractivity contribution >= 4 is 11.9 Å². The van der Waals surface area contributed by atoms with Gasteiger partial charge in [0.2, 0.25) is 5.91 Å². The summed E-state index contributed by atoms with van der Waals surface area (Å²) in [7, 11) is 0. The maximum absolute atomic E-state index is 10.1. The molecule has 2 heterocycles. The first kappa shape index (κ1) is 9.98. The molecule has 2 aliphatic heterocycles. The minimum Gasteiger partial charge on any atom is -0.381 e. The molecule has 0 aliphatic carbocycles. The third-order valence-electron chi connectivity index (χ3n) is 1.74. The molecule has 0 bridgehead atoms. The van der Waals surface area contributed by atoms with Gasteiger partial charge in [-0.2, -0.15) is 0 Å². The maximum atomic E-state index is 10.1. The van der Waals surface area contributed by atoms with E-state index in [1.165, 1.54) is 19.3 Å². The molecule has 5 nitrogen and oxygen atoms in total. The summed E-state index contributed by atoms with van der Waals surface area (Å²) in [5, 5.41) is 4.30. The topological polar surface area (TPSA) is 67.4 Å². The van der Waals surface area contributed by atoms with Gasteiger partial charge in [-0.05, 0) is 19.3 Å². The van der Waals surface area contributed by atoms with Crippen molar-refractivity contribution in [1.29, 1.82) is 0 Å². The molecule has 2 saturated heterocycles. The molecule has 0 aromatic heterocycles. The number of imide groups is 1. The van der Waals surface area contributed by atoms with Crippen LogP contribution in [-0.4, -0.2) is 31.7 Å². The van der Waals surface area contributed by atoms with Gasteiger partial charge in [-0.25, -0.2) is 4.79 Å². The molecular weight excluding hydrogens is 172 g/mol. The van der Waals surface area contributed by atoms with Gasteiger partial charge in [-0.3, -0.25) is 10.1 Å². The average Bonchev–Trinajstić information content (AvgIpc) is 2.54. The van der Waals surface area contributed by atoms with Crippen molar-refractivity contribution in [2.75, 3.05) is 19.8 Å². The fourth-order valence-corrected chi connectivity index (χ4v) is 1.06. The molecule has 2 fully saturated rings. The minimum absolute atomic E-state index is 0.124. The molecule has 3 amide bonds. The number of hydrogen-bond donors (Lipinski definition) is 2. The highest BCUT2D eigenvalue weighted by atomic mass is 16.5. The molecule has 0 aromatic carbocycles. The summed E-state index contributed by atoms with van der Waals surface area (Å²) in [4.78, 5) is 20.1. The van der Waals surface area contributed by atoms with Gasteiger partial charge in [0.25, 0.3) is 0 Å². The quantitative estimate of drug-likeness (QED) is 0.524. The highest BCUT2D eigenvalue weighted by Gasteiger charge is 2.14. The zero-order valence-corrected chi connectivity index (χ0v) is 7.47. The second kappa shape index (κ2) is 5.53. The van der Waals surface area contributed by atoms with Crippen LogP contribution >= 0.6 is 0 Å². The van der Waals surface area contributed by atoms with Crippen LogP contribution in [0.15, 0.2) is 0 Å². The Hall–Kier alpha value is -1.10. The summed E-state index contributed by atoms with van der Waals surface area (Å²) < 4.78 is 5.07. The summed E-state index contributed by atoms with van der Waals surface area (Å²) in [5.41, 5.74) is 0. The Labute approximate surface area is 76.8 Å². The second-order valence-corrected chi connectivity index (χ2v) is 2.90. The first-order valence-electron chi connectivity index (χ1n) is 4.44. The second-order valence-electron chi connectivity index (χ2n) is 2.90. The van der Waals surface area contributed by atoms with Gasteiger partial charge in [0.05, 0.1) is 6.54 Å². The SMILES string of the molecule is C1CCOCC1.O=C1CNC(=O)N1. The van der Waals surface area contributed by atoms with Crippen LogP contribution < -0.4 is 10.6 Å². The lowest BCUT2D eigenvalue weighted by atomic mass is 10.2. The van der Waals surface area contributed by atoms with E-state index in [1.807, 2.05) is 5.32 Å². The Morgan fingerprint density at radius 2 is 1.77 bits per heavy atom. The number of ether oxygens (including phenoxy) is 1. The van der Waals surface area contributed by atoms with Gasteiger partial charge in [0.1, 0.15) is 0 Å². The molecule has 5 heteroatoms. The third kappa shape index (κ3) is 4.47. The lowest BCUT2D eigenvalue weighted by Crippen LogP contribution is -2.22. The normalized spacial score (nSPS) is 21.2. The van der Waals surface area contributed by atoms with Gasteiger partial charge in [0, 0.05) is 13.2 Å². The van der Waals surface area contributed by atoms with Crippen LogP contribution in [0.5, 0.6) is 0 Å². The van der Waals surface area contributed by atoms with Crippen molar-refractivity contribution in [3.05, 3.63) is 0 Å². The van der Waals surface area contributed by atoms with Crippen molar-refractivity contribution in [3.63, 3.8) is 0 Å². The van der Waals surface area contributed by atoms with Gasteiger partial charge >= 0.3 is 6.03 Å². The largest absolute Gasteiger partial charge is 0.381 e. The molecule has 0 spiro atoms. The Kier molecular flexibility index (Phi) is 4.25. The minimum atomic E-state index is -0.398. The van der Waals surface area contributed by atoms with E-state index in [1.54, 1.807) is 0 Å². The smallest absolute Gasteiger partial charge is 0.321 e. The molecular formula is C8H14N2O3. The van der Waals surface area contributed by atoms with Crippen LogP contribution in [0.2, 0.25) is 0 Å². The van der Waals surface area contributed by atoms with Crippen LogP contribution in [0.4, 0.5) is 4.79 Å². The maximum Gasteiger partial charge on any atom is 0.321 e. The number of urea groups is 1. The van der Waals surface area contributed by atoms with E-state index in [0.29, 0.717) is 0 Å². The van der Waals surface area contributed by atoms with E-state index in [9.17, 15) is 9.59 Å². The summed E-state index contributed by atoms with van der Waals surface area (Å²) >= 11 is 0. The fourth-order valence-electron chi connectivity index (χ4n) is 1.06. The van der Waals surface area contributed by atoms with Gasteiger partial charge in [-0.1, -0.05) is 0 Å². The molecule has 2 N–H and O–H groups in total. The zero-order chi connectivity index (χ0) is 9.52. The highest BCUT2D eigenvalue weighted by Crippen LogP contribution is 2.02. The molecule has 13 heavy (non-hydrogen) atoms. The number of carbonyl (C=O) groups excluding carboxylic acids is 2. The Bertz CT molecular complexity index is 164. The number of carbonyl (C=O) groups is 2. The number of hydrogen-bond acceptors (Lipinski definition) is 3. The summed E-state index contributed by atoms with van der Waals surface area (Å²) in [6.07, 6.45) is 3.93. The third-order valence-corrected chi connectivity index (χ3v) is 1.74. The first-order chi connectivity index (χ1) is 6.29. The molecule has 0 aromatic rings. The molecule has 0 saturated carbocycles. The summed E-state index contributed by atoms with van der Waals surface area (Å²) in [6, 6.07) is -0.398. The van der Waals surface area contributed by atoms with Crippen LogP contribution in [0.3, 0.4) is 0 Å². The standard InChI is InChI=1S/C5H10O.C3H4N2O2/c1-2-4-6-5-3-1;6-2-1-4-3(7)5-2/h1-5H2;1H2,(H2,4,5,6,7). The molecule has 2 aliphatic rings. The van der Waals surface area contributed by atoms with E-state index in [0.717, 1.165) is 13.2 Å². The molecule has 0 unspecified atom stereocenters. The fraction of sp³-hybridized carbons (Fsp3) is 0.750. The van der Waals surface area contributed by atoms with E-state index >= 15 is 0 Å². The lowest BCUT2D eigenvalue weighted by molar-refractivity contribution is -0.117. The molecule has 0 atom stereocenters. The highest BCUT2D eigenvalue weighted by molar-refractivity contribution is 6.01. The van der Waals surface area contributed by atoms with Crippen LogP contribution in [0.1, 0.15) is 19.3 Å². The van der Waals surface area contributed by atoms with Crippen molar-refractivity contribution in [3.8, 4) is 0 Å². The van der Waals surface area contributed by atoms with Crippen LogP contribution in [0.25, 0.3) is 0 Å². The Morgan fingerprint density at radius 1 is 1.08 bits per heavy atom. The van der Waals surface area contributed by atoms with Crippen molar-refractivity contribution < 1.29 is 14.3 Å². The van der Waals surface area contributed by atoms with E-state index in [2.05, 4.69) is 5.32 Å². The lowest BCUT2D eigenvalue weighted by Gasteiger charge is -2.08. The van der Waals surface area contributed by atoms with Gasteiger partial charge in [-0.15, -0.1) is 0 Å². The van der Waals surface area contributed by atoms with Gasteiger partial charge < -0.3 is 10.1 Å². The predicted molar refractivity (Wildman–Crippen MR) is 46.2 cm³/mol. The first-order valence-corrected chi connectivity index (χ1v) is 4.44. The zero-order valence-electron chi connectivity index (χ0n) is 7.47.